The van der Waals surface area contributed by atoms with Crippen LogP contribution in [0.5, 0.6) is 0 Å². The fourth-order valence-corrected chi connectivity index (χ4v) is 2.72. The predicted molar refractivity (Wildman–Crippen MR) is 76.7 cm³/mol. The zero-order valence-electron chi connectivity index (χ0n) is 11.7. The van der Waals surface area contributed by atoms with Crippen molar-refractivity contribution in [1.29, 1.82) is 0 Å². The van der Waals surface area contributed by atoms with Gasteiger partial charge in [0, 0.05) is 19.1 Å². The Morgan fingerprint density at radius 2 is 2.11 bits per heavy atom. The molecular weight excluding hydrogens is 238 g/mol. The Kier molecular flexibility index (Phi) is 4.56. The van der Waals surface area contributed by atoms with Gasteiger partial charge in [0.1, 0.15) is 6.04 Å². The SMILES string of the molecule is CN(C)CC1CCCN1C(=O)[C@@H](N)c1ccccc1. The molecule has 0 aromatic heterocycles. The Balaban J connectivity index is 2.06. The third kappa shape index (κ3) is 3.33. The highest BCUT2D eigenvalue weighted by atomic mass is 16.2. The van der Waals surface area contributed by atoms with Crippen LogP contribution in [0.15, 0.2) is 30.3 Å². The van der Waals surface area contributed by atoms with Crippen LogP contribution in [0.1, 0.15) is 24.4 Å². The summed E-state index contributed by atoms with van der Waals surface area (Å²) in [5.41, 5.74) is 7.00. The number of nitrogens with zero attached hydrogens (tertiary/aromatic N) is 2. The second kappa shape index (κ2) is 6.17. The standard InChI is InChI=1S/C15H23N3O/c1-17(2)11-13-9-6-10-18(13)15(19)14(16)12-7-4-3-5-8-12/h3-5,7-8,13-14H,6,9-11,16H2,1-2H3/t13?,14-/m0/s1. The zero-order valence-corrected chi connectivity index (χ0v) is 11.7. The van der Waals surface area contributed by atoms with Crippen LogP contribution in [0.2, 0.25) is 0 Å². The number of carbonyl (C=O) groups excluding carboxylic acids is 1. The van der Waals surface area contributed by atoms with Gasteiger partial charge in [-0.1, -0.05) is 30.3 Å². The van der Waals surface area contributed by atoms with Crippen LogP contribution in [0, 0.1) is 0 Å². The second-order valence-electron chi connectivity index (χ2n) is 5.48. The minimum absolute atomic E-state index is 0.0514. The molecule has 4 nitrogen and oxygen atoms in total. The lowest BCUT2D eigenvalue weighted by atomic mass is 10.1. The number of hydrogen-bond donors (Lipinski definition) is 1. The van der Waals surface area contributed by atoms with Crippen molar-refractivity contribution in [3.8, 4) is 0 Å². The van der Waals surface area contributed by atoms with Crippen molar-refractivity contribution in [3.63, 3.8) is 0 Å². The predicted octanol–water partition coefficient (Wildman–Crippen LogP) is 1.24. The van der Waals surface area contributed by atoms with Crippen molar-refractivity contribution in [2.45, 2.75) is 24.9 Å². The van der Waals surface area contributed by atoms with Gasteiger partial charge in [-0.05, 0) is 32.5 Å². The number of amides is 1. The molecule has 0 bridgehead atoms. The molecule has 2 atom stereocenters. The maximum atomic E-state index is 12.5. The Labute approximate surface area is 115 Å². The van der Waals surface area contributed by atoms with E-state index in [2.05, 4.69) is 4.90 Å². The van der Waals surface area contributed by atoms with E-state index in [-0.39, 0.29) is 5.91 Å². The Hall–Kier alpha value is -1.39. The Morgan fingerprint density at radius 1 is 1.42 bits per heavy atom. The molecule has 1 saturated heterocycles. The van der Waals surface area contributed by atoms with Gasteiger partial charge in [-0.25, -0.2) is 0 Å². The van der Waals surface area contributed by atoms with Gasteiger partial charge in [-0.15, -0.1) is 0 Å². The van der Waals surface area contributed by atoms with E-state index in [9.17, 15) is 4.79 Å². The summed E-state index contributed by atoms with van der Waals surface area (Å²) in [6.45, 7) is 1.74. The van der Waals surface area contributed by atoms with Crippen molar-refractivity contribution in [3.05, 3.63) is 35.9 Å². The number of hydrogen-bond acceptors (Lipinski definition) is 3. The number of benzene rings is 1. The highest BCUT2D eigenvalue weighted by molar-refractivity contribution is 5.83. The first-order valence-corrected chi connectivity index (χ1v) is 6.85. The summed E-state index contributed by atoms with van der Waals surface area (Å²) in [5.74, 6) is 0.0514. The summed E-state index contributed by atoms with van der Waals surface area (Å²) in [5, 5.41) is 0. The van der Waals surface area contributed by atoms with Gasteiger partial charge >= 0.3 is 0 Å². The van der Waals surface area contributed by atoms with E-state index >= 15 is 0 Å². The summed E-state index contributed by atoms with van der Waals surface area (Å²) >= 11 is 0. The first kappa shape index (κ1) is 14.0. The Morgan fingerprint density at radius 3 is 2.74 bits per heavy atom. The molecule has 1 amide bonds. The van der Waals surface area contributed by atoms with Gasteiger partial charge in [-0.3, -0.25) is 4.79 Å². The molecular formula is C15H23N3O. The van der Waals surface area contributed by atoms with E-state index in [1.54, 1.807) is 0 Å². The molecule has 0 radical (unpaired) electrons. The molecule has 1 aromatic rings. The molecule has 0 saturated carbocycles. The lowest BCUT2D eigenvalue weighted by Gasteiger charge is -2.29. The highest BCUT2D eigenvalue weighted by Gasteiger charge is 2.32. The van der Waals surface area contributed by atoms with Crippen molar-refractivity contribution < 1.29 is 4.79 Å². The quantitative estimate of drug-likeness (QED) is 0.887. The van der Waals surface area contributed by atoms with E-state index in [4.69, 9.17) is 5.73 Å². The topological polar surface area (TPSA) is 49.6 Å². The minimum atomic E-state index is -0.538. The third-order valence-electron chi connectivity index (χ3n) is 3.66. The minimum Gasteiger partial charge on any atom is -0.337 e. The lowest BCUT2D eigenvalue weighted by molar-refractivity contribution is -0.133. The molecule has 4 heteroatoms. The molecule has 1 aliphatic rings. The second-order valence-corrected chi connectivity index (χ2v) is 5.48. The van der Waals surface area contributed by atoms with Crippen LogP contribution >= 0.6 is 0 Å². The molecule has 1 heterocycles. The van der Waals surface area contributed by atoms with Crippen LogP contribution in [-0.2, 0) is 4.79 Å². The maximum absolute atomic E-state index is 12.5. The van der Waals surface area contributed by atoms with Crippen molar-refractivity contribution >= 4 is 5.91 Å². The van der Waals surface area contributed by atoms with Crippen LogP contribution < -0.4 is 5.73 Å². The normalized spacial score (nSPS) is 20.8. The van der Waals surface area contributed by atoms with E-state index in [1.807, 2.05) is 49.3 Å². The fraction of sp³-hybridized carbons (Fsp3) is 0.533. The molecule has 2 rings (SSSR count). The number of rotatable bonds is 4. The summed E-state index contributed by atoms with van der Waals surface area (Å²) in [7, 11) is 4.08. The van der Waals surface area contributed by atoms with E-state index < -0.39 is 6.04 Å². The number of nitrogens with two attached hydrogens (primary N) is 1. The fourth-order valence-electron chi connectivity index (χ4n) is 2.72. The van der Waals surface area contributed by atoms with Crippen molar-refractivity contribution in [2.24, 2.45) is 5.73 Å². The van der Waals surface area contributed by atoms with Crippen LogP contribution in [-0.4, -0.2) is 48.9 Å². The molecule has 1 unspecified atom stereocenters. The monoisotopic (exact) mass is 261 g/mol. The molecule has 0 aliphatic carbocycles. The smallest absolute Gasteiger partial charge is 0.244 e. The van der Waals surface area contributed by atoms with Crippen LogP contribution in [0.4, 0.5) is 0 Å². The average molecular weight is 261 g/mol. The van der Waals surface area contributed by atoms with Crippen LogP contribution in [0.25, 0.3) is 0 Å². The van der Waals surface area contributed by atoms with Gasteiger partial charge in [0.2, 0.25) is 5.91 Å². The first-order valence-electron chi connectivity index (χ1n) is 6.85. The van der Waals surface area contributed by atoms with E-state index in [0.717, 1.165) is 31.5 Å². The van der Waals surface area contributed by atoms with Crippen molar-refractivity contribution in [1.82, 2.24) is 9.80 Å². The molecule has 1 aliphatic heterocycles. The maximum Gasteiger partial charge on any atom is 0.244 e. The van der Waals surface area contributed by atoms with Crippen LogP contribution in [0.3, 0.4) is 0 Å². The molecule has 19 heavy (non-hydrogen) atoms. The molecule has 1 aromatic carbocycles. The number of likely N-dealkylation sites (tertiary alicyclic amines) is 1. The van der Waals surface area contributed by atoms with Gasteiger partial charge in [-0.2, -0.15) is 0 Å². The molecule has 1 fully saturated rings. The van der Waals surface area contributed by atoms with Gasteiger partial charge in [0.25, 0.3) is 0 Å². The number of carbonyl (C=O) groups is 1. The molecule has 2 N–H and O–H groups in total. The Bertz CT molecular complexity index is 419. The molecule has 104 valence electrons. The van der Waals surface area contributed by atoms with Crippen molar-refractivity contribution in [2.75, 3.05) is 27.2 Å². The van der Waals surface area contributed by atoms with E-state index in [1.165, 1.54) is 0 Å². The first-order chi connectivity index (χ1) is 9.09. The summed E-state index contributed by atoms with van der Waals surface area (Å²) in [6, 6.07) is 9.37. The van der Waals surface area contributed by atoms with E-state index in [0.29, 0.717) is 6.04 Å². The highest BCUT2D eigenvalue weighted by Crippen LogP contribution is 2.22. The summed E-state index contributed by atoms with van der Waals surface area (Å²) < 4.78 is 0. The molecule has 0 spiro atoms. The summed E-state index contributed by atoms with van der Waals surface area (Å²) in [4.78, 5) is 16.6. The van der Waals surface area contributed by atoms with Gasteiger partial charge < -0.3 is 15.5 Å². The largest absolute Gasteiger partial charge is 0.337 e. The average Bonchev–Trinajstić information content (AvgIpc) is 2.85. The van der Waals surface area contributed by atoms with Gasteiger partial charge in [0.15, 0.2) is 0 Å². The zero-order chi connectivity index (χ0) is 13.8. The lowest BCUT2D eigenvalue weighted by Crippen LogP contribution is -2.45. The number of likely N-dealkylation sites (N-methyl/N-ethyl adjacent to an activating group) is 1. The third-order valence-corrected chi connectivity index (χ3v) is 3.66. The van der Waals surface area contributed by atoms with Gasteiger partial charge in [0.05, 0.1) is 0 Å². The summed E-state index contributed by atoms with van der Waals surface area (Å²) in [6.07, 6.45) is 2.15.